The van der Waals surface area contributed by atoms with E-state index in [0.717, 1.165) is 17.7 Å². The van der Waals surface area contributed by atoms with Crippen molar-refractivity contribution in [2.45, 2.75) is 25.8 Å². The van der Waals surface area contributed by atoms with Crippen LogP contribution < -0.4 is 10.6 Å². The number of aryl methyl sites for hydroxylation is 1. The summed E-state index contributed by atoms with van der Waals surface area (Å²) in [5, 5.41) is 6.24. The van der Waals surface area contributed by atoms with Crippen LogP contribution in [-0.4, -0.2) is 29.4 Å². The van der Waals surface area contributed by atoms with Crippen molar-refractivity contribution in [1.82, 2.24) is 4.90 Å². The van der Waals surface area contributed by atoms with Gasteiger partial charge in [0, 0.05) is 22.9 Å². The molecule has 2 N–H and O–H groups in total. The average Bonchev–Trinajstić information content (AvgIpc) is 3.07. The predicted molar refractivity (Wildman–Crippen MR) is 100 cm³/mol. The number of urea groups is 1. The summed E-state index contributed by atoms with van der Waals surface area (Å²) < 4.78 is 0. The lowest BCUT2D eigenvalue weighted by Gasteiger charge is -2.24. The van der Waals surface area contributed by atoms with Gasteiger partial charge in [-0.25, -0.2) is 4.79 Å². The van der Waals surface area contributed by atoms with Gasteiger partial charge in [-0.1, -0.05) is 35.4 Å². The smallest absolute Gasteiger partial charge is 0.322 e. The number of benzene rings is 2. The van der Waals surface area contributed by atoms with Crippen molar-refractivity contribution in [3.63, 3.8) is 0 Å². The predicted octanol–water partition coefficient (Wildman–Crippen LogP) is 4.28. The summed E-state index contributed by atoms with van der Waals surface area (Å²) in [4.78, 5) is 26.7. The molecular weight excluding hydrogens is 338 g/mol. The number of nitrogens with zero attached hydrogens (tertiary/aromatic N) is 1. The van der Waals surface area contributed by atoms with Crippen LogP contribution in [0, 0.1) is 6.92 Å². The zero-order valence-corrected chi connectivity index (χ0v) is 14.7. The van der Waals surface area contributed by atoms with Gasteiger partial charge in [-0.15, -0.1) is 0 Å². The zero-order valence-electron chi connectivity index (χ0n) is 14.0. The van der Waals surface area contributed by atoms with Crippen molar-refractivity contribution in [2.75, 3.05) is 17.2 Å². The molecule has 3 amide bonds. The monoisotopic (exact) mass is 357 g/mol. The second-order valence-electron chi connectivity index (χ2n) is 6.15. The van der Waals surface area contributed by atoms with Crippen molar-refractivity contribution in [1.29, 1.82) is 0 Å². The number of amides is 3. The number of carbonyl (C=O) groups excluding carboxylic acids is 2. The van der Waals surface area contributed by atoms with Crippen LogP contribution in [0.3, 0.4) is 0 Å². The van der Waals surface area contributed by atoms with E-state index in [4.69, 9.17) is 11.6 Å². The van der Waals surface area contributed by atoms with Gasteiger partial charge in [-0.05, 0) is 50.1 Å². The molecule has 0 radical (unpaired) electrons. The first-order chi connectivity index (χ1) is 12.0. The van der Waals surface area contributed by atoms with Gasteiger partial charge in [0.25, 0.3) is 0 Å². The number of carbonyl (C=O) groups is 2. The molecule has 1 aliphatic rings. The van der Waals surface area contributed by atoms with E-state index >= 15 is 0 Å². The largest absolute Gasteiger partial charge is 0.324 e. The van der Waals surface area contributed by atoms with Crippen LogP contribution in [-0.2, 0) is 4.79 Å². The number of rotatable bonds is 3. The molecule has 1 unspecified atom stereocenters. The second-order valence-corrected chi connectivity index (χ2v) is 6.58. The molecule has 0 aliphatic carbocycles. The summed E-state index contributed by atoms with van der Waals surface area (Å²) in [6.45, 7) is 2.55. The summed E-state index contributed by atoms with van der Waals surface area (Å²) in [6.07, 6.45) is 1.45. The van der Waals surface area contributed by atoms with Crippen LogP contribution in [0.1, 0.15) is 18.4 Å². The number of halogens is 1. The van der Waals surface area contributed by atoms with Gasteiger partial charge in [0.15, 0.2) is 0 Å². The molecule has 130 valence electrons. The summed E-state index contributed by atoms with van der Waals surface area (Å²) in [5.41, 5.74) is 2.47. The van der Waals surface area contributed by atoms with E-state index in [1.807, 2.05) is 31.2 Å². The van der Waals surface area contributed by atoms with E-state index < -0.39 is 6.04 Å². The maximum Gasteiger partial charge on any atom is 0.322 e. The lowest BCUT2D eigenvalue weighted by Crippen LogP contribution is -2.45. The molecule has 3 rings (SSSR count). The SMILES string of the molecule is Cc1ccc(NC(=O)N2CCCC2C(=O)Nc2cccc(Cl)c2)cc1. The topological polar surface area (TPSA) is 61.4 Å². The van der Waals surface area contributed by atoms with E-state index in [2.05, 4.69) is 10.6 Å². The van der Waals surface area contributed by atoms with Gasteiger partial charge in [-0.3, -0.25) is 4.79 Å². The molecule has 0 aromatic heterocycles. The Morgan fingerprint density at radius 2 is 1.84 bits per heavy atom. The van der Waals surface area contributed by atoms with E-state index in [1.54, 1.807) is 29.2 Å². The Kier molecular flexibility index (Phi) is 5.24. The summed E-state index contributed by atoms with van der Waals surface area (Å²) >= 11 is 5.94. The highest BCUT2D eigenvalue weighted by Crippen LogP contribution is 2.22. The Balaban J connectivity index is 1.65. The molecule has 1 saturated heterocycles. The Labute approximate surface area is 152 Å². The Bertz CT molecular complexity index is 776. The molecule has 1 heterocycles. The highest BCUT2D eigenvalue weighted by Gasteiger charge is 2.34. The van der Waals surface area contributed by atoms with E-state index in [-0.39, 0.29) is 11.9 Å². The molecule has 0 saturated carbocycles. The summed E-state index contributed by atoms with van der Waals surface area (Å²) in [5.74, 6) is -0.196. The highest BCUT2D eigenvalue weighted by molar-refractivity contribution is 6.30. The summed E-state index contributed by atoms with van der Waals surface area (Å²) in [7, 11) is 0. The maximum atomic E-state index is 12.6. The van der Waals surface area contributed by atoms with Crippen molar-refractivity contribution >= 4 is 34.9 Å². The van der Waals surface area contributed by atoms with Crippen molar-refractivity contribution in [2.24, 2.45) is 0 Å². The number of nitrogens with one attached hydrogen (secondary N) is 2. The van der Waals surface area contributed by atoms with Gasteiger partial charge in [-0.2, -0.15) is 0 Å². The van der Waals surface area contributed by atoms with Crippen LogP contribution in [0.5, 0.6) is 0 Å². The Hall–Kier alpha value is -2.53. The van der Waals surface area contributed by atoms with Crippen LogP contribution in [0.15, 0.2) is 48.5 Å². The fourth-order valence-electron chi connectivity index (χ4n) is 2.91. The third-order valence-electron chi connectivity index (χ3n) is 4.21. The molecule has 1 fully saturated rings. The first-order valence-electron chi connectivity index (χ1n) is 8.23. The van der Waals surface area contributed by atoms with Crippen LogP contribution >= 0.6 is 11.6 Å². The number of anilines is 2. The molecule has 25 heavy (non-hydrogen) atoms. The summed E-state index contributed by atoms with van der Waals surface area (Å²) in [6, 6.07) is 13.8. The molecule has 1 aliphatic heterocycles. The first-order valence-corrected chi connectivity index (χ1v) is 8.61. The fraction of sp³-hybridized carbons (Fsp3) is 0.263. The average molecular weight is 358 g/mol. The molecule has 2 aromatic rings. The van der Waals surface area contributed by atoms with Gasteiger partial charge in [0.1, 0.15) is 6.04 Å². The normalized spacial score (nSPS) is 16.6. The molecule has 6 heteroatoms. The fourth-order valence-corrected chi connectivity index (χ4v) is 3.10. The van der Waals surface area contributed by atoms with Gasteiger partial charge in [0.2, 0.25) is 5.91 Å². The molecule has 0 bridgehead atoms. The van der Waals surface area contributed by atoms with Crippen LogP contribution in [0.2, 0.25) is 5.02 Å². The van der Waals surface area contributed by atoms with Crippen molar-refractivity contribution < 1.29 is 9.59 Å². The number of hydrogen-bond acceptors (Lipinski definition) is 2. The Morgan fingerprint density at radius 3 is 2.56 bits per heavy atom. The molecular formula is C19H20ClN3O2. The minimum atomic E-state index is -0.482. The Morgan fingerprint density at radius 1 is 1.08 bits per heavy atom. The van der Waals surface area contributed by atoms with Crippen molar-refractivity contribution in [3.05, 3.63) is 59.1 Å². The zero-order chi connectivity index (χ0) is 17.8. The second kappa shape index (κ2) is 7.57. The standard InChI is InChI=1S/C19H20ClN3O2/c1-13-7-9-15(10-8-13)22-19(25)23-11-3-6-17(23)18(24)21-16-5-2-4-14(20)12-16/h2,4-5,7-10,12,17H,3,6,11H2,1H3,(H,21,24)(H,22,25). The minimum absolute atomic E-state index is 0.196. The van der Waals surface area contributed by atoms with E-state index in [1.165, 1.54) is 0 Å². The van der Waals surface area contributed by atoms with E-state index in [9.17, 15) is 9.59 Å². The molecule has 0 spiro atoms. The van der Waals surface area contributed by atoms with Crippen molar-refractivity contribution in [3.8, 4) is 0 Å². The number of hydrogen-bond donors (Lipinski definition) is 2. The third-order valence-corrected chi connectivity index (χ3v) is 4.45. The van der Waals surface area contributed by atoms with Gasteiger partial charge in [0.05, 0.1) is 0 Å². The van der Waals surface area contributed by atoms with Gasteiger partial charge >= 0.3 is 6.03 Å². The van der Waals surface area contributed by atoms with E-state index in [0.29, 0.717) is 23.7 Å². The minimum Gasteiger partial charge on any atom is -0.324 e. The molecule has 1 atom stereocenters. The quantitative estimate of drug-likeness (QED) is 0.861. The van der Waals surface area contributed by atoms with Crippen LogP contribution in [0.25, 0.3) is 0 Å². The lowest BCUT2D eigenvalue weighted by atomic mass is 10.2. The maximum absolute atomic E-state index is 12.6. The lowest BCUT2D eigenvalue weighted by molar-refractivity contribution is -0.119. The molecule has 2 aromatic carbocycles. The molecule has 5 nitrogen and oxygen atoms in total. The number of likely N-dealkylation sites (tertiary alicyclic amines) is 1. The van der Waals surface area contributed by atoms with Gasteiger partial charge < -0.3 is 15.5 Å². The van der Waals surface area contributed by atoms with Crippen LogP contribution in [0.4, 0.5) is 16.2 Å². The highest BCUT2D eigenvalue weighted by atomic mass is 35.5. The first kappa shape index (κ1) is 17.3. The third kappa shape index (κ3) is 4.31.